The molecule has 0 saturated heterocycles. The Bertz CT molecular complexity index is 198. The van der Waals surface area contributed by atoms with Crippen molar-refractivity contribution in [1.29, 1.82) is 0 Å². The largest absolute Gasteiger partial charge is 0.120 e. The number of rotatable bonds is 2. The maximum absolute atomic E-state index is 6.59. The first-order valence-electron chi connectivity index (χ1n) is 8.33. The van der Waals surface area contributed by atoms with Gasteiger partial charge in [-0.25, -0.2) is 0 Å². The normalized spacial score (nSPS) is 33.2. The average Bonchev–Trinajstić information content (AvgIpc) is 2.33. The molecule has 0 radical (unpaired) electrons. The Morgan fingerprint density at radius 1 is 0.889 bits per heavy atom. The number of alkyl halides is 1. The van der Waals surface area contributed by atoms with E-state index in [2.05, 4.69) is 13.8 Å². The highest BCUT2D eigenvalue weighted by molar-refractivity contribution is 6.23. The summed E-state index contributed by atoms with van der Waals surface area (Å²) in [6, 6.07) is 0. The van der Waals surface area contributed by atoms with Gasteiger partial charge in [0.1, 0.15) is 0 Å². The number of halogens is 1. The molecule has 0 aliphatic heterocycles. The molecule has 0 heterocycles. The molecule has 2 unspecified atom stereocenters. The lowest BCUT2D eigenvalue weighted by Gasteiger charge is -2.21. The molecule has 2 atom stereocenters. The zero-order valence-electron chi connectivity index (χ0n) is 12.6. The fraction of sp³-hybridized carbons (Fsp3) is 1.00. The molecule has 0 spiro atoms. The average molecular weight is 273 g/mol. The van der Waals surface area contributed by atoms with E-state index in [-0.39, 0.29) is 4.87 Å². The summed E-state index contributed by atoms with van der Waals surface area (Å²) in [5, 5.41) is 0. The lowest BCUT2D eigenvalue weighted by molar-refractivity contribution is 0.380. The van der Waals surface area contributed by atoms with Gasteiger partial charge in [0, 0.05) is 4.87 Å². The van der Waals surface area contributed by atoms with Crippen LogP contribution in [0.1, 0.15) is 97.3 Å². The van der Waals surface area contributed by atoms with Gasteiger partial charge in [-0.2, -0.15) is 0 Å². The van der Waals surface area contributed by atoms with Gasteiger partial charge in [0.2, 0.25) is 0 Å². The Morgan fingerprint density at radius 3 is 1.94 bits per heavy atom. The molecule has 1 fully saturated rings. The predicted molar refractivity (Wildman–Crippen MR) is 83.4 cm³/mol. The maximum atomic E-state index is 6.59. The van der Waals surface area contributed by atoms with Crippen molar-refractivity contribution < 1.29 is 0 Å². The van der Waals surface area contributed by atoms with E-state index >= 15 is 0 Å². The third kappa shape index (κ3) is 7.67. The van der Waals surface area contributed by atoms with E-state index < -0.39 is 0 Å². The van der Waals surface area contributed by atoms with Crippen molar-refractivity contribution >= 4 is 11.6 Å². The van der Waals surface area contributed by atoms with Crippen LogP contribution in [0.2, 0.25) is 0 Å². The molecular formula is C17H33Cl. The van der Waals surface area contributed by atoms with Crippen LogP contribution in [0.25, 0.3) is 0 Å². The van der Waals surface area contributed by atoms with E-state index in [1.165, 1.54) is 83.5 Å². The second-order valence-corrected chi connectivity index (χ2v) is 7.53. The standard InChI is InChI=1S/C17H33Cl/c1-3-11-16-12-7-4-5-9-14-17(2,18)15-10-6-8-13-16/h16H,3-15H2,1-2H3. The Kier molecular flexibility index (Phi) is 8.39. The summed E-state index contributed by atoms with van der Waals surface area (Å²) in [6.45, 7) is 4.58. The summed E-state index contributed by atoms with van der Waals surface area (Å²) in [6.07, 6.45) is 17.9. The van der Waals surface area contributed by atoms with Crippen LogP contribution in [0.4, 0.5) is 0 Å². The second-order valence-electron chi connectivity index (χ2n) is 6.62. The molecule has 1 aliphatic carbocycles. The number of hydrogen-bond acceptors (Lipinski definition) is 0. The molecule has 0 aromatic carbocycles. The molecule has 0 aromatic heterocycles. The first-order valence-corrected chi connectivity index (χ1v) is 8.71. The maximum Gasteiger partial charge on any atom is 0.0418 e. The van der Waals surface area contributed by atoms with Gasteiger partial charge in [0.05, 0.1) is 0 Å². The summed E-state index contributed by atoms with van der Waals surface area (Å²) < 4.78 is 0. The fourth-order valence-corrected chi connectivity index (χ4v) is 3.62. The third-order valence-electron chi connectivity index (χ3n) is 4.57. The monoisotopic (exact) mass is 272 g/mol. The highest BCUT2D eigenvalue weighted by atomic mass is 35.5. The molecule has 0 bridgehead atoms. The molecule has 0 amide bonds. The highest BCUT2D eigenvalue weighted by Crippen LogP contribution is 2.31. The Labute approximate surface area is 120 Å². The molecule has 1 rings (SSSR count). The van der Waals surface area contributed by atoms with Crippen molar-refractivity contribution in [2.45, 2.75) is 102 Å². The van der Waals surface area contributed by atoms with Crippen LogP contribution in [-0.4, -0.2) is 4.87 Å². The summed E-state index contributed by atoms with van der Waals surface area (Å²) in [4.78, 5) is 0.0802. The van der Waals surface area contributed by atoms with E-state index in [4.69, 9.17) is 11.6 Å². The highest BCUT2D eigenvalue weighted by Gasteiger charge is 2.20. The van der Waals surface area contributed by atoms with Crippen molar-refractivity contribution in [3.63, 3.8) is 0 Å². The van der Waals surface area contributed by atoms with Gasteiger partial charge in [-0.3, -0.25) is 0 Å². The van der Waals surface area contributed by atoms with Gasteiger partial charge in [0.25, 0.3) is 0 Å². The van der Waals surface area contributed by atoms with Gasteiger partial charge < -0.3 is 0 Å². The smallest absolute Gasteiger partial charge is 0.0418 e. The summed E-state index contributed by atoms with van der Waals surface area (Å²) in [7, 11) is 0. The van der Waals surface area contributed by atoms with Gasteiger partial charge in [0.15, 0.2) is 0 Å². The van der Waals surface area contributed by atoms with Crippen molar-refractivity contribution in [2.75, 3.05) is 0 Å². The van der Waals surface area contributed by atoms with Crippen LogP contribution in [-0.2, 0) is 0 Å². The second kappa shape index (κ2) is 9.23. The van der Waals surface area contributed by atoms with Gasteiger partial charge in [-0.15, -0.1) is 11.6 Å². The van der Waals surface area contributed by atoms with Crippen LogP contribution in [0, 0.1) is 5.92 Å². The van der Waals surface area contributed by atoms with Gasteiger partial charge in [-0.05, 0) is 25.7 Å². The zero-order chi connectivity index (χ0) is 13.3. The lowest BCUT2D eigenvalue weighted by Crippen LogP contribution is -2.15. The van der Waals surface area contributed by atoms with Crippen LogP contribution >= 0.6 is 11.6 Å². The molecule has 0 aromatic rings. The SMILES string of the molecule is CCCC1CCCCCCC(C)(Cl)CCCCC1. The Balaban J connectivity index is 2.35. The molecule has 108 valence electrons. The molecule has 18 heavy (non-hydrogen) atoms. The first kappa shape index (κ1) is 16.3. The first-order chi connectivity index (χ1) is 8.64. The zero-order valence-corrected chi connectivity index (χ0v) is 13.4. The third-order valence-corrected chi connectivity index (χ3v) is 4.95. The van der Waals surface area contributed by atoms with Crippen LogP contribution < -0.4 is 0 Å². The van der Waals surface area contributed by atoms with E-state index in [0.29, 0.717) is 0 Å². The predicted octanol–water partition coefficient (Wildman–Crippen LogP) is 6.70. The molecule has 0 N–H and O–H groups in total. The summed E-state index contributed by atoms with van der Waals surface area (Å²) >= 11 is 6.59. The van der Waals surface area contributed by atoms with Gasteiger partial charge in [-0.1, -0.05) is 77.6 Å². The molecule has 1 heteroatoms. The minimum absolute atomic E-state index is 0.0802. The minimum atomic E-state index is 0.0802. The Morgan fingerprint density at radius 2 is 1.39 bits per heavy atom. The lowest BCUT2D eigenvalue weighted by atomic mass is 9.91. The van der Waals surface area contributed by atoms with E-state index in [0.717, 1.165) is 5.92 Å². The van der Waals surface area contributed by atoms with Gasteiger partial charge >= 0.3 is 0 Å². The molecule has 1 aliphatic rings. The van der Waals surface area contributed by atoms with E-state index in [9.17, 15) is 0 Å². The van der Waals surface area contributed by atoms with Crippen LogP contribution in [0.15, 0.2) is 0 Å². The minimum Gasteiger partial charge on any atom is -0.120 e. The molecule has 0 nitrogen and oxygen atoms in total. The van der Waals surface area contributed by atoms with Crippen molar-refractivity contribution in [3.05, 3.63) is 0 Å². The Hall–Kier alpha value is 0.290. The van der Waals surface area contributed by atoms with Crippen molar-refractivity contribution in [1.82, 2.24) is 0 Å². The molecule has 1 saturated carbocycles. The number of hydrogen-bond donors (Lipinski definition) is 0. The summed E-state index contributed by atoms with van der Waals surface area (Å²) in [5.41, 5.74) is 0. The van der Waals surface area contributed by atoms with Crippen LogP contribution in [0.5, 0.6) is 0 Å². The van der Waals surface area contributed by atoms with Crippen LogP contribution in [0.3, 0.4) is 0 Å². The van der Waals surface area contributed by atoms with E-state index in [1.807, 2.05) is 0 Å². The van der Waals surface area contributed by atoms with Crippen molar-refractivity contribution in [3.8, 4) is 0 Å². The molecular weight excluding hydrogens is 240 g/mol. The fourth-order valence-electron chi connectivity index (χ4n) is 3.35. The summed E-state index contributed by atoms with van der Waals surface area (Å²) in [5.74, 6) is 1.01. The topological polar surface area (TPSA) is 0 Å². The quantitative estimate of drug-likeness (QED) is 0.490. The van der Waals surface area contributed by atoms with Crippen molar-refractivity contribution in [2.24, 2.45) is 5.92 Å². The van der Waals surface area contributed by atoms with E-state index in [1.54, 1.807) is 0 Å².